The van der Waals surface area contributed by atoms with E-state index < -0.39 is 0 Å². The van der Waals surface area contributed by atoms with Crippen LogP contribution in [-0.4, -0.2) is 4.98 Å². The van der Waals surface area contributed by atoms with E-state index in [2.05, 4.69) is 15.2 Å². The Bertz CT molecular complexity index is 465. The minimum atomic E-state index is 0.386. The van der Waals surface area contributed by atoms with Crippen molar-refractivity contribution in [3.05, 3.63) is 48.7 Å². The number of hydrogen-bond donors (Lipinski definition) is 1. The average molecular weight is 198 g/mol. The monoisotopic (exact) mass is 198 g/mol. The molecule has 0 bridgehead atoms. The number of nitrogens with two attached hydrogens (primary N) is 1. The van der Waals surface area contributed by atoms with Crippen LogP contribution in [-0.2, 0) is 0 Å². The predicted molar refractivity (Wildman–Crippen MR) is 59.3 cm³/mol. The highest BCUT2D eigenvalue weighted by atomic mass is 15.1. The molecule has 0 fully saturated rings. The Morgan fingerprint density at radius 3 is 2.47 bits per heavy atom. The smallest absolute Gasteiger partial charge is 0.151 e. The van der Waals surface area contributed by atoms with Gasteiger partial charge in [-0.25, -0.2) is 4.98 Å². The number of hydrogen-bond acceptors (Lipinski definition) is 4. The lowest BCUT2D eigenvalue weighted by Crippen LogP contribution is -1.87. The van der Waals surface area contributed by atoms with Crippen LogP contribution in [0, 0.1) is 0 Å². The van der Waals surface area contributed by atoms with Gasteiger partial charge in [-0.2, -0.15) is 5.11 Å². The van der Waals surface area contributed by atoms with Crippen LogP contribution >= 0.6 is 0 Å². The first-order chi connectivity index (χ1) is 7.36. The van der Waals surface area contributed by atoms with Gasteiger partial charge in [0.05, 0.1) is 5.69 Å². The molecule has 1 aromatic heterocycles. The minimum Gasteiger partial charge on any atom is -0.382 e. The Morgan fingerprint density at radius 2 is 1.73 bits per heavy atom. The third-order valence-corrected chi connectivity index (χ3v) is 1.85. The summed E-state index contributed by atoms with van der Waals surface area (Å²) in [5, 5.41) is 8.06. The molecule has 0 saturated carbocycles. The van der Waals surface area contributed by atoms with Gasteiger partial charge in [0.1, 0.15) is 5.69 Å². The minimum absolute atomic E-state index is 0.386. The second-order valence-corrected chi connectivity index (χ2v) is 2.94. The van der Waals surface area contributed by atoms with Gasteiger partial charge in [0.2, 0.25) is 0 Å². The van der Waals surface area contributed by atoms with Crippen molar-refractivity contribution in [1.29, 1.82) is 0 Å². The van der Waals surface area contributed by atoms with Crippen LogP contribution in [0.4, 0.5) is 17.2 Å². The van der Waals surface area contributed by atoms with E-state index in [9.17, 15) is 0 Å². The largest absolute Gasteiger partial charge is 0.382 e. The van der Waals surface area contributed by atoms with Crippen LogP contribution in [0.3, 0.4) is 0 Å². The molecular weight excluding hydrogens is 188 g/mol. The van der Waals surface area contributed by atoms with Crippen LogP contribution in [0.1, 0.15) is 0 Å². The van der Waals surface area contributed by atoms with Crippen molar-refractivity contribution in [3.63, 3.8) is 0 Å². The van der Waals surface area contributed by atoms with Crippen molar-refractivity contribution in [2.45, 2.75) is 0 Å². The number of pyridine rings is 1. The molecule has 4 nitrogen and oxygen atoms in total. The van der Waals surface area contributed by atoms with Crippen molar-refractivity contribution in [2.24, 2.45) is 10.2 Å². The Labute approximate surface area is 87.5 Å². The van der Waals surface area contributed by atoms with Gasteiger partial charge in [-0.3, -0.25) is 0 Å². The molecule has 15 heavy (non-hydrogen) atoms. The average Bonchev–Trinajstić information content (AvgIpc) is 2.29. The molecular formula is C11H10N4. The maximum Gasteiger partial charge on any atom is 0.151 e. The van der Waals surface area contributed by atoms with Gasteiger partial charge in [0.15, 0.2) is 5.82 Å². The summed E-state index contributed by atoms with van der Waals surface area (Å²) in [6.45, 7) is 0. The van der Waals surface area contributed by atoms with Crippen LogP contribution < -0.4 is 5.73 Å². The summed E-state index contributed by atoms with van der Waals surface area (Å²) in [4.78, 5) is 3.92. The fourth-order valence-corrected chi connectivity index (χ4v) is 1.10. The van der Waals surface area contributed by atoms with Gasteiger partial charge < -0.3 is 5.73 Å². The highest BCUT2D eigenvalue weighted by molar-refractivity contribution is 5.56. The van der Waals surface area contributed by atoms with E-state index in [1.807, 2.05) is 30.3 Å². The molecule has 2 rings (SSSR count). The quantitative estimate of drug-likeness (QED) is 0.753. The first-order valence-electron chi connectivity index (χ1n) is 4.53. The Balaban J connectivity index is 2.23. The van der Waals surface area contributed by atoms with Crippen LogP contribution in [0.2, 0.25) is 0 Å². The van der Waals surface area contributed by atoms with Gasteiger partial charge in [0, 0.05) is 6.20 Å². The van der Waals surface area contributed by atoms with Crippen LogP contribution in [0.5, 0.6) is 0 Å². The molecule has 0 aliphatic heterocycles. The molecule has 1 heterocycles. The Kier molecular flexibility index (Phi) is 2.69. The SMILES string of the molecule is Nc1ncccc1N=Nc1ccccc1. The molecule has 0 spiro atoms. The summed E-state index contributed by atoms with van der Waals surface area (Å²) < 4.78 is 0. The van der Waals surface area contributed by atoms with Crippen molar-refractivity contribution in [3.8, 4) is 0 Å². The number of azo groups is 1. The van der Waals surface area contributed by atoms with Crippen molar-refractivity contribution >= 4 is 17.2 Å². The molecule has 1 aromatic carbocycles. The standard InChI is InChI=1S/C11H10N4/c12-11-10(7-4-8-13-11)15-14-9-5-2-1-3-6-9/h1-8H,(H2,12,13). The zero-order valence-electron chi connectivity index (χ0n) is 8.04. The fraction of sp³-hybridized carbons (Fsp3) is 0. The van der Waals surface area contributed by atoms with Gasteiger partial charge >= 0.3 is 0 Å². The topological polar surface area (TPSA) is 63.6 Å². The first kappa shape index (κ1) is 9.33. The van der Waals surface area contributed by atoms with Crippen LogP contribution in [0.25, 0.3) is 0 Å². The third-order valence-electron chi connectivity index (χ3n) is 1.85. The summed E-state index contributed by atoms with van der Waals surface area (Å²) in [5.41, 5.74) is 7.00. The lowest BCUT2D eigenvalue weighted by Gasteiger charge is -1.95. The summed E-state index contributed by atoms with van der Waals surface area (Å²) in [6, 6.07) is 13.0. The molecule has 0 amide bonds. The molecule has 74 valence electrons. The lowest BCUT2D eigenvalue weighted by molar-refractivity contribution is 1.20. The first-order valence-corrected chi connectivity index (χ1v) is 4.53. The summed E-state index contributed by atoms with van der Waals surface area (Å²) in [6.07, 6.45) is 1.62. The zero-order valence-corrected chi connectivity index (χ0v) is 8.04. The third kappa shape index (κ3) is 2.37. The highest BCUT2D eigenvalue weighted by Gasteiger charge is 1.95. The number of benzene rings is 1. The van der Waals surface area contributed by atoms with E-state index in [0.29, 0.717) is 11.5 Å². The van der Waals surface area contributed by atoms with Crippen molar-refractivity contribution < 1.29 is 0 Å². The summed E-state index contributed by atoms with van der Waals surface area (Å²) in [7, 11) is 0. The van der Waals surface area contributed by atoms with Gasteiger partial charge in [-0.05, 0) is 24.3 Å². The van der Waals surface area contributed by atoms with E-state index >= 15 is 0 Å². The van der Waals surface area contributed by atoms with Gasteiger partial charge in [-0.15, -0.1) is 5.11 Å². The molecule has 2 aromatic rings. The fourth-order valence-electron chi connectivity index (χ4n) is 1.10. The number of anilines is 1. The van der Waals surface area contributed by atoms with Crippen LogP contribution in [0.15, 0.2) is 58.9 Å². The molecule has 0 saturated heterocycles. The summed E-state index contributed by atoms with van der Waals surface area (Å²) >= 11 is 0. The van der Waals surface area contributed by atoms with Gasteiger partial charge in [-0.1, -0.05) is 18.2 Å². The Morgan fingerprint density at radius 1 is 0.933 bits per heavy atom. The number of nitrogen functional groups attached to an aromatic ring is 1. The summed E-state index contributed by atoms with van der Waals surface area (Å²) in [5.74, 6) is 0.386. The number of aromatic nitrogens is 1. The van der Waals surface area contributed by atoms with E-state index in [1.54, 1.807) is 18.3 Å². The Hall–Kier alpha value is -2.23. The number of rotatable bonds is 2. The van der Waals surface area contributed by atoms with E-state index in [1.165, 1.54) is 0 Å². The maximum atomic E-state index is 5.62. The lowest BCUT2D eigenvalue weighted by atomic mass is 10.3. The van der Waals surface area contributed by atoms with Crippen molar-refractivity contribution in [1.82, 2.24) is 4.98 Å². The predicted octanol–water partition coefficient (Wildman–Crippen LogP) is 3.08. The second kappa shape index (κ2) is 4.32. The molecule has 0 radical (unpaired) electrons. The molecule has 4 heteroatoms. The van der Waals surface area contributed by atoms with Crippen molar-refractivity contribution in [2.75, 3.05) is 5.73 Å². The highest BCUT2D eigenvalue weighted by Crippen LogP contribution is 2.21. The number of nitrogens with zero attached hydrogens (tertiary/aromatic N) is 3. The zero-order chi connectivity index (χ0) is 10.5. The molecule has 2 N–H and O–H groups in total. The molecule has 0 aliphatic carbocycles. The van der Waals surface area contributed by atoms with E-state index in [4.69, 9.17) is 5.73 Å². The normalized spacial score (nSPS) is 10.7. The van der Waals surface area contributed by atoms with E-state index in [-0.39, 0.29) is 0 Å². The molecule has 0 unspecified atom stereocenters. The second-order valence-electron chi connectivity index (χ2n) is 2.94. The maximum absolute atomic E-state index is 5.62. The molecule has 0 atom stereocenters. The van der Waals surface area contributed by atoms with E-state index in [0.717, 1.165) is 5.69 Å². The van der Waals surface area contributed by atoms with Gasteiger partial charge in [0.25, 0.3) is 0 Å². The molecule has 0 aliphatic rings.